The molecule has 0 aliphatic heterocycles. The third-order valence-electron chi connectivity index (χ3n) is 3.99. The van der Waals surface area contributed by atoms with Gasteiger partial charge in [0.25, 0.3) is 11.8 Å². The molecule has 1 aromatic carbocycles. The van der Waals surface area contributed by atoms with Gasteiger partial charge in [0.15, 0.2) is 0 Å². The van der Waals surface area contributed by atoms with Gasteiger partial charge in [-0.2, -0.15) is 0 Å². The maximum Gasteiger partial charge on any atom is 0.257 e. The predicted molar refractivity (Wildman–Crippen MR) is 86.4 cm³/mol. The van der Waals surface area contributed by atoms with Crippen LogP contribution in [0.5, 0.6) is 0 Å². The van der Waals surface area contributed by atoms with Crippen molar-refractivity contribution in [1.82, 2.24) is 16.2 Å². The van der Waals surface area contributed by atoms with Crippen LogP contribution in [0.15, 0.2) is 24.3 Å². The summed E-state index contributed by atoms with van der Waals surface area (Å²) >= 11 is 0. The topological polar surface area (TPSA) is 87.3 Å². The van der Waals surface area contributed by atoms with E-state index in [0.717, 1.165) is 31.2 Å². The number of aryl methyl sites for hydroxylation is 1. The zero-order valence-electron chi connectivity index (χ0n) is 13.4. The van der Waals surface area contributed by atoms with Gasteiger partial charge in [0.1, 0.15) is 0 Å². The van der Waals surface area contributed by atoms with Crippen LogP contribution in [0.1, 0.15) is 48.0 Å². The second kappa shape index (κ2) is 8.31. The van der Waals surface area contributed by atoms with E-state index in [9.17, 15) is 14.4 Å². The summed E-state index contributed by atoms with van der Waals surface area (Å²) in [5.41, 5.74) is 6.26. The fraction of sp³-hybridized carbons (Fsp3) is 0.471. The van der Waals surface area contributed by atoms with Crippen LogP contribution < -0.4 is 16.2 Å². The highest BCUT2D eigenvalue weighted by Crippen LogP contribution is 2.23. The van der Waals surface area contributed by atoms with Crippen LogP contribution in [-0.4, -0.2) is 24.3 Å². The van der Waals surface area contributed by atoms with E-state index < -0.39 is 5.91 Å². The molecule has 124 valence electrons. The van der Waals surface area contributed by atoms with E-state index in [0.29, 0.717) is 5.56 Å². The molecule has 1 aromatic rings. The van der Waals surface area contributed by atoms with Gasteiger partial charge in [-0.15, -0.1) is 0 Å². The zero-order valence-corrected chi connectivity index (χ0v) is 13.4. The summed E-state index contributed by atoms with van der Waals surface area (Å²) in [6, 6.07) is 7.11. The molecule has 1 fully saturated rings. The fourth-order valence-electron chi connectivity index (χ4n) is 2.69. The van der Waals surface area contributed by atoms with E-state index in [-0.39, 0.29) is 24.3 Å². The third kappa shape index (κ3) is 5.39. The highest BCUT2D eigenvalue weighted by atomic mass is 16.2. The first-order valence-electron chi connectivity index (χ1n) is 8.00. The Labute approximate surface area is 136 Å². The van der Waals surface area contributed by atoms with Gasteiger partial charge < -0.3 is 5.32 Å². The van der Waals surface area contributed by atoms with Gasteiger partial charge in [-0.05, 0) is 31.9 Å². The molecule has 0 radical (unpaired) electrons. The van der Waals surface area contributed by atoms with Crippen LogP contribution in [0.4, 0.5) is 0 Å². The van der Waals surface area contributed by atoms with E-state index >= 15 is 0 Å². The standard InChI is InChI=1S/C17H23N3O3/c1-12-6-5-9-14(10-12)16(22)18-11-15(21)19-20-17(23)13-7-3-2-4-8-13/h5-6,9-10,13H,2-4,7-8,11H2,1H3,(H,18,22)(H,19,21)(H,20,23). The molecular weight excluding hydrogens is 294 g/mol. The molecule has 3 amide bonds. The number of hydrazine groups is 1. The lowest BCUT2D eigenvalue weighted by Crippen LogP contribution is -2.48. The summed E-state index contributed by atoms with van der Waals surface area (Å²) in [7, 11) is 0. The molecule has 6 heteroatoms. The molecule has 0 spiro atoms. The van der Waals surface area contributed by atoms with E-state index in [1.807, 2.05) is 13.0 Å². The van der Waals surface area contributed by atoms with Crippen LogP contribution in [0.3, 0.4) is 0 Å². The van der Waals surface area contributed by atoms with Crippen LogP contribution in [-0.2, 0) is 9.59 Å². The van der Waals surface area contributed by atoms with Crippen molar-refractivity contribution in [3.05, 3.63) is 35.4 Å². The molecule has 0 bridgehead atoms. The first kappa shape index (κ1) is 17.0. The minimum Gasteiger partial charge on any atom is -0.343 e. The molecule has 3 N–H and O–H groups in total. The first-order valence-corrected chi connectivity index (χ1v) is 8.00. The van der Waals surface area contributed by atoms with E-state index in [1.165, 1.54) is 6.42 Å². The Morgan fingerprint density at radius 3 is 2.52 bits per heavy atom. The Bertz CT molecular complexity index is 580. The molecule has 23 heavy (non-hydrogen) atoms. The van der Waals surface area contributed by atoms with Gasteiger partial charge in [-0.1, -0.05) is 37.0 Å². The normalized spacial score (nSPS) is 14.8. The number of hydrogen-bond acceptors (Lipinski definition) is 3. The smallest absolute Gasteiger partial charge is 0.257 e. The van der Waals surface area contributed by atoms with Gasteiger partial charge in [-0.25, -0.2) is 0 Å². The molecule has 0 heterocycles. The van der Waals surface area contributed by atoms with Crippen LogP contribution in [0, 0.1) is 12.8 Å². The van der Waals surface area contributed by atoms with Crippen LogP contribution >= 0.6 is 0 Å². The Morgan fingerprint density at radius 1 is 1.09 bits per heavy atom. The largest absolute Gasteiger partial charge is 0.343 e. The molecule has 1 aliphatic rings. The van der Waals surface area contributed by atoms with Crippen LogP contribution in [0.25, 0.3) is 0 Å². The van der Waals surface area contributed by atoms with Gasteiger partial charge >= 0.3 is 0 Å². The van der Waals surface area contributed by atoms with Crippen molar-refractivity contribution in [2.75, 3.05) is 6.54 Å². The molecule has 6 nitrogen and oxygen atoms in total. The second-order valence-electron chi connectivity index (χ2n) is 5.92. The molecule has 1 aliphatic carbocycles. The number of nitrogens with one attached hydrogen (secondary N) is 3. The number of carbonyl (C=O) groups is 3. The van der Waals surface area contributed by atoms with E-state index in [1.54, 1.807) is 18.2 Å². The van der Waals surface area contributed by atoms with Crippen molar-refractivity contribution >= 4 is 17.7 Å². The third-order valence-corrected chi connectivity index (χ3v) is 3.99. The van der Waals surface area contributed by atoms with Gasteiger partial charge in [0, 0.05) is 11.5 Å². The fourth-order valence-corrected chi connectivity index (χ4v) is 2.69. The molecule has 0 atom stereocenters. The van der Waals surface area contributed by atoms with Gasteiger partial charge in [0.05, 0.1) is 6.54 Å². The number of amides is 3. The summed E-state index contributed by atoms with van der Waals surface area (Å²) in [6.07, 6.45) is 5.01. The molecule has 0 unspecified atom stereocenters. The molecule has 0 saturated heterocycles. The average molecular weight is 317 g/mol. The lowest BCUT2D eigenvalue weighted by atomic mass is 9.89. The van der Waals surface area contributed by atoms with E-state index in [2.05, 4.69) is 16.2 Å². The Kier molecular flexibility index (Phi) is 6.14. The lowest BCUT2D eigenvalue weighted by molar-refractivity contribution is -0.131. The Hall–Kier alpha value is -2.37. The van der Waals surface area contributed by atoms with Crippen molar-refractivity contribution in [2.45, 2.75) is 39.0 Å². The van der Waals surface area contributed by atoms with Crippen molar-refractivity contribution in [3.63, 3.8) is 0 Å². The van der Waals surface area contributed by atoms with Gasteiger partial charge in [0.2, 0.25) is 5.91 Å². The van der Waals surface area contributed by atoms with E-state index in [4.69, 9.17) is 0 Å². The minimum absolute atomic E-state index is 0.0223. The Morgan fingerprint density at radius 2 is 1.83 bits per heavy atom. The molecule has 2 rings (SSSR count). The number of hydrogen-bond donors (Lipinski definition) is 3. The molecule has 0 aromatic heterocycles. The van der Waals surface area contributed by atoms with Crippen molar-refractivity contribution in [3.8, 4) is 0 Å². The summed E-state index contributed by atoms with van der Waals surface area (Å²) < 4.78 is 0. The second-order valence-corrected chi connectivity index (χ2v) is 5.92. The maximum absolute atomic E-state index is 11.9. The van der Waals surface area contributed by atoms with Crippen LogP contribution in [0.2, 0.25) is 0 Å². The summed E-state index contributed by atoms with van der Waals surface area (Å²) in [4.78, 5) is 35.5. The lowest BCUT2D eigenvalue weighted by Gasteiger charge is -2.20. The average Bonchev–Trinajstić information content (AvgIpc) is 2.58. The highest BCUT2D eigenvalue weighted by Gasteiger charge is 2.21. The summed E-state index contributed by atoms with van der Waals surface area (Å²) in [5, 5.41) is 2.53. The summed E-state index contributed by atoms with van der Waals surface area (Å²) in [6.45, 7) is 1.71. The maximum atomic E-state index is 11.9. The number of rotatable bonds is 4. The molecule has 1 saturated carbocycles. The first-order chi connectivity index (χ1) is 11.1. The molecular formula is C17H23N3O3. The highest BCUT2D eigenvalue weighted by molar-refractivity contribution is 5.96. The summed E-state index contributed by atoms with van der Waals surface area (Å²) in [5.74, 6) is -0.938. The van der Waals surface area contributed by atoms with Crippen molar-refractivity contribution in [2.24, 2.45) is 5.92 Å². The minimum atomic E-state index is -0.449. The predicted octanol–water partition coefficient (Wildman–Crippen LogP) is 1.45. The SMILES string of the molecule is Cc1cccc(C(=O)NCC(=O)NNC(=O)C2CCCCC2)c1. The van der Waals surface area contributed by atoms with Crippen molar-refractivity contribution in [1.29, 1.82) is 0 Å². The number of benzene rings is 1. The number of carbonyl (C=O) groups excluding carboxylic acids is 3. The Balaban J connectivity index is 1.70. The van der Waals surface area contributed by atoms with Crippen molar-refractivity contribution < 1.29 is 14.4 Å². The zero-order chi connectivity index (χ0) is 16.7. The monoisotopic (exact) mass is 317 g/mol. The quantitative estimate of drug-likeness (QED) is 0.735. The van der Waals surface area contributed by atoms with Gasteiger partial charge in [-0.3, -0.25) is 25.2 Å².